The van der Waals surface area contributed by atoms with Gasteiger partial charge in [0.2, 0.25) is 0 Å². The monoisotopic (exact) mass is 447 g/mol. The van der Waals surface area contributed by atoms with Crippen LogP contribution in [0, 0.1) is 0 Å². The van der Waals surface area contributed by atoms with Gasteiger partial charge in [-0.05, 0) is 42.0 Å². The first-order chi connectivity index (χ1) is 14.8. The van der Waals surface area contributed by atoms with E-state index in [1.54, 1.807) is 42.5 Å². The van der Waals surface area contributed by atoms with Gasteiger partial charge in [0.05, 0.1) is 23.3 Å². The van der Waals surface area contributed by atoms with Gasteiger partial charge in [0.25, 0.3) is 16.4 Å². The molecule has 0 bridgehead atoms. The predicted octanol–water partition coefficient (Wildman–Crippen LogP) is 4.79. The molecule has 1 N–H and O–H groups in total. The number of esters is 1. The maximum atomic E-state index is 13.2. The van der Waals surface area contributed by atoms with Crippen molar-refractivity contribution in [1.29, 1.82) is 0 Å². The van der Waals surface area contributed by atoms with Crippen molar-refractivity contribution in [2.45, 2.75) is 17.9 Å². The summed E-state index contributed by atoms with van der Waals surface area (Å²) in [6.45, 7) is -0.0335. The molecule has 6 nitrogen and oxygen atoms in total. The number of sulfonamides is 1. The van der Waals surface area contributed by atoms with Crippen LogP contribution in [0.25, 0.3) is 0 Å². The van der Waals surface area contributed by atoms with Crippen molar-refractivity contribution in [2.24, 2.45) is 0 Å². The molecule has 0 atom stereocenters. The molecule has 3 aromatic rings. The van der Waals surface area contributed by atoms with Crippen molar-refractivity contribution in [3.8, 4) is 5.75 Å². The third-order valence-electron chi connectivity index (χ3n) is 4.32. The summed E-state index contributed by atoms with van der Waals surface area (Å²) in [4.78, 5) is 11.5. The third-order valence-corrected chi connectivity index (χ3v) is 5.71. The molecule has 0 aliphatic rings. The van der Waals surface area contributed by atoms with Crippen LogP contribution in [-0.2, 0) is 21.4 Å². The van der Waals surface area contributed by atoms with Crippen molar-refractivity contribution < 1.29 is 31.5 Å². The maximum absolute atomic E-state index is 13.2. The van der Waals surface area contributed by atoms with Crippen LogP contribution in [-0.4, -0.2) is 21.5 Å². The number of ether oxygens (including phenoxy) is 2. The summed E-state index contributed by atoms with van der Waals surface area (Å²) in [5, 5.41) is 0. The zero-order valence-corrected chi connectivity index (χ0v) is 17.2. The Bertz CT molecular complexity index is 1150. The average molecular weight is 447 g/mol. The zero-order valence-electron chi connectivity index (χ0n) is 16.4. The first kappa shape index (κ1) is 22.2. The summed E-state index contributed by atoms with van der Waals surface area (Å²) >= 11 is 0. The van der Waals surface area contributed by atoms with Crippen molar-refractivity contribution in [3.05, 3.63) is 89.5 Å². The number of hydrogen-bond acceptors (Lipinski definition) is 5. The van der Waals surface area contributed by atoms with E-state index >= 15 is 0 Å². The minimum Gasteiger partial charge on any atom is -0.487 e. The molecule has 0 saturated carbocycles. The topological polar surface area (TPSA) is 81.7 Å². The largest absolute Gasteiger partial charge is 0.487 e. The molecule has 9 heteroatoms. The minimum absolute atomic E-state index is 0.0253. The molecule has 0 heterocycles. The summed E-state index contributed by atoms with van der Waals surface area (Å²) in [5.74, 6) is -0.538. The lowest BCUT2D eigenvalue weighted by Crippen LogP contribution is -2.14. The van der Waals surface area contributed by atoms with Crippen molar-refractivity contribution in [3.63, 3.8) is 0 Å². The Morgan fingerprint density at radius 2 is 1.68 bits per heavy atom. The Balaban J connectivity index is 1.84. The number of nitrogens with one attached hydrogen (secondary N) is 1. The molecule has 3 rings (SSSR count). The van der Waals surface area contributed by atoms with Gasteiger partial charge in [0.1, 0.15) is 12.4 Å². The molecule has 0 aromatic heterocycles. The lowest BCUT2D eigenvalue weighted by molar-refractivity contribution is 0.0600. The second-order valence-corrected chi connectivity index (χ2v) is 8.13. The van der Waals surface area contributed by atoms with Gasteiger partial charge in [0, 0.05) is 5.56 Å². The highest BCUT2D eigenvalue weighted by Gasteiger charge is 2.18. The average Bonchev–Trinajstić information content (AvgIpc) is 2.78. The molecular formula is C22H19F2NO5S. The Hall–Kier alpha value is -3.46. The Labute approximate surface area is 178 Å². The SMILES string of the molecule is COC(=O)c1ccc(COc2cc(C(F)F)ccc2NS(=O)(=O)c2ccccc2)cc1. The molecule has 0 radical (unpaired) electrons. The van der Waals surface area contributed by atoms with Crippen molar-refractivity contribution in [1.82, 2.24) is 0 Å². The van der Waals surface area contributed by atoms with Gasteiger partial charge in [-0.25, -0.2) is 22.0 Å². The summed E-state index contributed by atoms with van der Waals surface area (Å²) in [7, 11) is -2.67. The number of anilines is 1. The number of rotatable bonds is 8. The van der Waals surface area contributed by atoms with Gasteiger partial charge in [-0.2, -0.15) is 0 Å². The molecule has 0 spiro atoms. The molecule has 0 fully saturated rings. The van der Waals surface area contributed by atoms with Crippen LogP contribution in [0.4, 0.5) is 14.5 Å². The highest BCUT2D eigenvalue weighted by molar-refractivity contribution is 7.92. The molecule has 0 amide bonds. The predicted molar refractivity (Wildman–Crippen MR) is 111 cm³/mol. The summed E-state index contributed by atoms with van der Waals surface area (Å²) in [6, 6.07) is 17.4. The van der Waals surface area contributed by atoms with Gasteiger partial charge >= 0.3 is 5.97 Å². The van der Waals surface area contributed by atoms with Crippen LogP contribution in [0.3, 0.4) is 0 Å². The van der Waals surface area contributed by atoms with Gasteiger partial charge in [-0.1, -0.05) is 36.4 Å². The summed E-state index contributed by atoms with van der Waals surface area (Å²) in [6.07, 6.45) is -2.75. The second kappa shape index (κ2) is 9.57. The second-order valence-electron chi connectivity index (χ2n) is 6.45. The van der Waals surface area contributed by atoms with E-state index in [0.717, 1.165) is 12.1 Å². The van der Waals surface area contributed by atoms with E-state index in [4.69, 9.17) is 4.74 Å². The number of carbonyl (C=O) groups is 1. The van der Waals surface area contributed by atoms with Crippen LogP contribution in [0.5, 0.6) is 5.75 Å². The van der Waals surface area contributed by atoms with Gasteiger partial charge < -0.3 is 9.47 Å². The number of halogens is 2. The van der Waals surface area contributed by atoms with E-state index in [9.17, 15) is 22.0 Å². The van der Waals surface area contributed by atoms with E-state index < -0.39 is 22.4 Å². The van der Waals surface area contributed by atoms with Gasteiger partial charge in [-0.15, -0.1) is 0 Å². The van der Waals surface area contributed by atoms with Crippen LogP contribution in [0.1, 0.15) is 27.9 Å². The van der Waals surface area contributed by atoms with E-state index in [1.807, 2.05) is 0 Å². The number of hydrogen-bond donors (Lipinski definition) is 1. The lowest BCUT2D eigenvalue weighted by Gasteiger charge is -2.15. The minimum atomic E-state index is -3.94. The normalized spacial score (nSPS) is 11.2. The fourth-order valence-electron chi connectivity index (χ4n) is 2.70. The molecular weight excluding hydrogens is 428 g/mol. The smallest absolute Gasteiger partial charge is 0.337 e. The molecule has 0 saturated heterocycles. The molecule has 162 valence electrons. The summed E-state index contributed by atoms with van der Waals surface area (Å²) < 4.78 is 64.2. The Morgan fingerprint density at radius 1 is 1.00 bits per heavy atom. The van der Waals surface area contributed by atoms with Crippen LogP contribution in [0.2, 0.25) is 0 Å². The van der Waals surface area contributed by atoms with Crippen LogP contribution >= 0.6 is 0 Å². The van der Waals surface area contributed by atoms with E-state index in [1.165, 1.54) is 25.3 Å². The Kier molecular flexibility index (Phi) is 6.86. The van der Waals surface area contributed by atoms with Crippen molar-refractivity contribution >= 4 is 21.7 Å². The fraction of sp³-hybridized carbons (Fsp3) is 0.136. The maximum Gasteiger partial charge on any atom is 0.337 e. The number of alkyl halides is 2. The third kappa shape index (κ3) is 5.58. The highest BCUT2D eigenvalue weighted by Crippen LogP contribution is 2.32. The molecule has 0 aliphatic carbocycles. The lowest BCUT2D eigenvalue weighted by atomic mass is 10.1. The van der Waals surface area contributed by atoms with Crippen LogP contribution in [0.15, 0.2) is 77.7 Å². The number of carbonyl (C=O) groups excluding carboxylic acids is 1. The zero-order chi connectivity index (χ0) is 22.4. The quantitative estimate of drug-likeness (QED) is 0.502. The number of methoxy groups -OCH3 is 1. The van der Waals surface area contributed by atoms with E-state index in [0.29, 0.717) is 11.1 Å². The first-order valence-corrected chi connectivity index (χ1v) is 10.6. The molecule has 3 aromatic carbocycles. The van der Waals surface area contributed by atoms with Crippen LogP contribution < -0.4 is 9.46 Å². The standard InChI is InChI=1S/C22H19F2NO5S/c1-29-22(26)16-9-7-15(8-10-16)14-30-20-13-17(21(23)24)11-12-19(20)25-31(27,28)18-5-3-2-4-6-18/h2-13,21,25H,14H2,1H3. The van der Waals surface area contributed by atoms with E-state index in [-0.39, 0.29) is 28.5 Å². The van der Waals surface area contributed by atoms with Gasteiger partial charge in [0.15, 0.2) is 0 Å². The van der Waals surface area contributed by atoms with E-state index in [2.05, 4.69) is 9.46 Å². The number of benzene rings is 3. The molecule has 0 unspecified atom stereocenters. The van der Waals surface area contributed by atoms with Gasteiger partial charge in [-0.3, -0.25) is 4.72 Å². The molecule has 0 aliphatic heterocycles. The first-order valence-electron chi connectivity index (χ1n) is 9.10. The highest BCUT2D eigenvalue weighted by atomic mass is 32.2. The molecule has 31 heavy (non-hydrogen) atoms. The Morgan fingerprint density at radius 3 is 2.29 bits per heavy atom. The summed E-state index contributed by atoms with van der Waals surface area (Å²) in [5.41, 5.74) is 0.715. The van der Waals surface area contributed by atoms with Crippen molar-refractivity contribution in [2.75, 3.05) is 11.8 Å². The fourth-order valence-corrected chi connectivity index (χ4v) is 3.79.